The molecule has 0 spiro atoms. The van der Waals surface area contributed by atoms with E-state index in [2.05, 4.69) is 4.74 Å². The number of carboxylic acid groups (broad SMARTS) is 1. The van der Waals surface area contributed by atoms with E-state index in [1.807, 2.05) is 0 Å². The van der Waals surface area contributed by atoms with Crippen LogP contribution in [0.1, 0.15) is 6.42 Å². The summed E-state index contributed by atoms with van der Waals surface area (Å²) in [6.07, 6.45) is -6.33. The van der Waals surface area contributed by atoms with Gasteiger partial charge in [-0.2, -0.15) is 0 Å². The van der Waals surface area contributed by atoms with Crippen LogP contribution < -0.4 is 0 Å². The summed E-state index contributed by atoms with van der Waals surface area (Å²) in [6.45, 7) is 0. The molecule has 1 N–H and O–H groups in total. The summed E-state index contributed by atoms with van der Waals surface area (Å²) in [4.78, 5) is 10.3. The van der Waals surface area contributed by atoms with Gasteiger partial charge < -0.3 is 5.11 Å². The molecule has 0 aromatic rings. The quantitative estimate of drug-likeness (QED) is 0.769. The Hall–Kier alpha value is -1.37. The Bertz CT molecular complexity index is 332. The van der Waals surface area contributed by atoms with Crippen molar-refractivity contribution in [3.8, 4) is 0 Å². The normalized spacial score (nSPS) is 25.4. The second-order valence-electron chi connectivity index (χ2n) is 3.14. The number of hydrogen-bond acceptors (Lipinski definition) is 2. The molecule has 0 fully saturated rings. The molecule has 3 nitrogen and oxygen atoms in total. The number of carboxylic acids is 1. The van der Waals surface area contributed by atoms with Gasteiger partial charge in [-0.3, -0.25) is 9.53 Å². The van der Waals surface area contributed by atoms with Crippen molar-refractivity contribution in [3.05, 3.63) is 23.8 Å². The van der Waals surface area contributed by atoms with Crippen LogP contribution in [0.3, 0.4) is 0 Å². The molecule has 2 unspecified atom stereocenters. The van der Waals surface area contributed by atoms with Gasteiger partial charge in [-0.15, -0.1) is 13.2 Å². The maximum absolute atomic E-state index is 13.1. The van der Waals surface area contributed by atoms with Crippen LogP contribution in [-0.4, -0.2) is 29.7 Å². The summed E-state index contributed by atoms with van der Waals surface area (Å²) in [6, 6.07) is 0. The number of halogens is 4. The fourth-order valence-corrected chi connectivity index (χ4v) is 1.23. The lowest BCUT2D eigenvalue weighted by Gasteiger charge is -2.21. The van der Waals surface area contributed by atoms with Crippen LogP contribution in [0.2, 0.25) is 0 Å². The fourth-order valence-electron chi connectivity index (χ4n) is 1.23. The Kier molecular flexibility index (Phi) is 3.69. The molecular formula is C9H8F4O3. The molecular weight excluding hydrogens is 232 g/mol. The number of aliphatic carboxylic acids is 1. The van der Waals surface area contributed by atoms with Crippen LogP contribution >= 0.6 is 0 Å². The number of carbonyl (C=O) groups is 1. The van der Waals surface area contributed by atoms with Crippen LogP contribution in [0, 0.1) is 0 Å². The molecule has 0 aliphatic heterocycles. The molecule has 0 bridgehead atoms. The van der Waals surface area contributed by atoms with Gasteiger partial charge in [-0.25, -0.2) is 4.39 Å². The molecule has 0 saturated carbocycles. The maximum Gasteiger partial charge on any atom is 0.523 e. The second kappa shape index (κ2) is 4.65. The standard InChI is InChI=1S/C9H8F4O3/c10-6-3-5(4-8(14)15)1-2-7(6)16-9(11,12)13/h1-3,6-7H,4H2,(H,14,15). The van der Waals surface area contributed by atoms with E-state index in [0.29, 0.717) is 0 Å². The minimum absolute atomic E-state index is 0.113. The van der Waals surface area contributed by atoms with Crippen molar-refractivity contribution >= 4 is 5.97 Å². The van der Waals surface area contributed by atoms with Crippen LogP contribution in [0.5, 0.6) is 0 Å². The minimum atomic E-state index is -4.92. The lowest BCUT2D eigenvalue weighted by molar-refractivity contribution is -0.340. The third-order valence-electron chi connectivity index (χ3n) is 1.81. The number of rotatable bonds is 3. The Morgan fingerprint density at radius 3 is 2.56 bits per heavy atom. The van der Waals surface area contributed by atoms with E-state index in [1.165, 1.54) is 0 Å². The first-order valence-corrected chi connectivity index (χ1v) is 4.27. The van der Waals surface area contributed by atoms with Gasteiger partial charge in [0.05, 0.1) is 6.42 Å². The molecule has 1 aliphatic carbocycles. The van der Waals surface area contributed by atoms with Crippen LogP contribution in [0.25, 0.3) is 0 Å². The second-order valence-corrected chi connectivity index (χ2v) is 3.14. The van der Waals surface area contributed by atoms with Crippen molar-refractivity contribution in [2.45, 2.75) is 25.1 Å². The average Bonchev–Trinajstić information content (AvgIpc) is 2.06. The highest BCUT2D eigenvalue weighted by Gasteiger charge is 2.36. The summed E-state index contributed by atoms with van der Waals surface area (Å²) < 4.78 is 52.0. The molecule has 1 rings (SSSR count). The minimum Gasteiger partial charge on any atom is -0.481 e. The van der Waals surface area contributed by atoms with Gasteiger partial charge in [-0.05, 0) is 11.6 Å². The summed E-state index contributed by atoms with van der Waals surface area (Å²) in [5.74, 6) is -1.18. The molecule has 0 heterocycles. The van der Waals surface area contributed by atoms with Gasteiger partial charge in [-0.1, -0.05) is 12.2 Å². The lowest BCUT2D eigenvalue weighted by Crippen LogP contribution is -2.31. The highest BCUT2D eigenvalue weighted by Crippen LogP contribution is 2.26. The average molecular weight is 240 g/mol. The van der Waals surface area contributed by atoms with Gasteiger partial charge in [0.2, 0.25) is 0 Å². The molecule has 90 valence electrons. The number of allylic oxidation sites excluding steroid dienone is 1. The van der Waals surface area contributed by atoms with Crippen molar-refractivity contribution in [2.75, 3.05) is 0 Å². The zero-order valence-corrected chi connectivity index (χ0v) is 7.87. The lowest BCUT2D eigenvalue weighted by atomic mass is 10.0. The van der Waals surface area contributed by atoms with E-state index < -0.39 is 31.0 Å². The zero-order chi connectivity index (χ0) is 12.3. The smallest absolute Gasteiger partial charge is 0.481 e. The third kappa shape index (κ3) is 4.01. The van der Waals surface area contributed by atoms with Gasteiger partial charge in [0.15, 0.2) is 0 Å². The number of ether oxygens (including phenoxy) is 1. The maximum atomic E-state index is 13.1. The first kappa shape index (κ1) is 12.7. The molecule has 1 aliphatic rings. The molecule has 7 heteroatoms. The van der Waals surface area contributed by atoms with Gasteiger partial charge >= 0.3 is 12.3 Å². The molecule has 2 atom stereocenters. The predicted octanol–water partition coefficient (Wildman–Crippen LogP) is 2.20. The predicted molar refractivity (Wildman–Crippen MR) is 45.3 cm³/mol. The van der Waals surface area contributed by atoms with Crippen molar-refractivity contribution in [1.82, 2.24) is 0 Å². The first-order valence-electron chi connectivity index (χ1n) is 4.27. The number of hydrogen-bond donors (Lipinski definition) is 1. The highest BCUT2D eigenvalue weighted by atomic mass is 19.4. The molecule has 0 amide bonds. The van der Waals surface area contributed by atoms with E-state index in [0.717, 1.165) is 18.2 Å². The summed E-state index contributed by atoms with van der Waals surface area (Å²) in [5.41, 5.74) is 0.113. The molecule has 0 aromatic carbocycles. The monoisotopic (exact) mass is 240 g/mol. The van der Waals surface area contributed by atoms with E-state index in [-0.39, 0.29) is 5.57 Å². The summed E-state index contributed by atoms with van der Waals surface area (Å²) in [5, 5.41) is 8.40. The van der Waals surface area contributed by atoms with Crippen molar-refractivity contribution in [2.24, 2.45) is 0 Å². The number of alkyl halides is 4. The first-order chi connectivity index (χ1) is 7.28. The van der Waals surface area contributed by atoms with Gasteiger partial charge in [0, 0.05) is 0 Å². The van der Waals surface area contributed by atoms with Crippen molar-refractivity contribution in [1.29, 1.82) is 0 Å². The Morgan fingerprint density at radius 1 is 1.50 bits per heavy atom. The molecule has 16 heavy (non-hydrogen) atoms. The highest BCUT2D eigenvalue weighted by molar-refractivity contribution is 5.71. The third-order valence-corrected chi connectivity index (χ3v) is 1.81. The Morgan fingerprint density at radius 2 is 2.12 bits per heavy atom. The van der Waals surface area contributed by atoms with Crippen LogP contribution in [0.15, 0.2) is 23.8 Å². The largest absolute Gasteiger partial charge is 0.523 e. The van der Waals surface area contributed by atoms with E-state index >= 15 is 0 Å². The van der Waals surface area contributed by atoms with Crippen LogP contribution in [0.4, 0.5) is 17.6 Å². The van der Waals surface area contributed by atoms with E-state index in [9.17, 15) is 22.4 Å². The van der Waals surface area contributed by atoms with Gasteiger partial charge in [0.25, 0.3) is 0 Å². The summed E-state index contributed by atoms with van der Waals surface area (Å²) in [7, 11) is 0. The molecule has 0 saturated heterocycles. The fraction of sp³-hybridized carbons (Fsp3) is 0.444. The van der Waals surface area contributed by atoms with Crippen LogP contribution in [-0.2, 0) is 9.53 Å². The van der Waals surface area contributed by atoms with E-state index in [4.69, 9.17) is 5.11 Å². The van der Waals surface area contributed by atoms with E-state index in [1.54, 1.807) is 0 Å². The Balaban J connectivity index is 2.63. The zero-order valence-electron chi connectivity index (χ0n) is 7.87. The van der Waals surface area contributed by atoms with Crippen molar-refractivity contribution < 1.29 is 32.2 Å². The van der Waals surface area contributed by atoms with Gasteiger partial charge in [0.1, 0.15) is 12.3 Å². The molecule has 0 aromatic heterocycles. The molecule has 0 radical (unpaired) electrons. The van der Waals surface area contributed by atoms with Crippen molar-refractivity contribution in [3.63, 3.8) is 0 Å². The SMILES string of the molecule is O=C(O)CC1=CC(F)C(OC(F)(F)F)C=C1. The Labute approximate surface area is 88.0 Å². The topological polar surface area (TPSA) is 46.5 Å². The summed E-state index contributed by atoms with van der Waals surface area (Å²) >= 11 is 0.